The molecule has 12 heteroatoms. The van der Waals surface area contributed by atoms with Crippen molar-refractivity contribution in [2.45, 2.75) is 47.7 Å². The highest BCUT2D eigenvalue weighted by Crippen LogP contribution is 2.36. The predicted molar refractivity (Wildman–Crippen MR) is 112 cm³/mol. The van der Waals surface area contributed by atoms with Crippen LogP contribution in [-0.2, 0) is 16.6 Å². The number of carbonyl (C=O) groups excluding carboxylic acids is 3. The quantitative estimate of drug-likeness (QED) is 0.591. The van der Waals surface area contributed by atoms with Crippen LogP contribution < -0.4 is 10.6 Å². The number of aromatic nitrogens is 4. The van der Waals surface area contributed by atoms with Gasteiger partial charge in [-0.1, -0.05) is 28.8 Å². The Morgan fingerprint density at radius 3 is 2.80 bits per heavy atom. The first kappa shape index (κ1) is 20.8. The maximum Gasteiger partial charge on any atom is 0.325 e. The average molecular weight is 494 g/mol. The van der Waals surface area contributed by atoms with E-state index in [4.69, 9.17) is 0 Å². The summed E-state index contributed by atoms with van der Waals surface area (Å²) in [5.41, 5.74) is -0.168. The van der Waals surface area contributed by atoms with Crippen LogP contribution in [0.3, 0.4) is 0 Å². The molecule has 1 spiro atoms. The van der Waals surface area contributed by atoms with E-state index in [-0.39, 0.29) is 24.8 Å². The van der Waals surface area contributed by atoms with Crippen LogP contribution in [0.15, 0.2) is 32.7 Å². The molecule has 1 aliphatic heterocycles. The van der Waals surface area contributed by atoms with Crippen LogP contribution in [0.2, 0.25) is 0 Å². The second-order valence-corrected chi connectivity index (χ2v) is 9.23. The molecule has 0 atom stereocenters. The van der Waals surface area contributed by atoms with Gasteiger partial charge in [-0.25, -0.2) is 9.48 Å². The summed E-state index contributed by atoms with van der Waals surface area (Å²) in [7, 11) is 1.73. The molecule has 0 unspecified atom stereocenters. The Morgan fingerprint density at radius 2 is 2.10 bits per heavy atom. The molecule has 1 aliphatic carbocycles. The predicted octanol–water partition coefficient (Wildman–Crippen LogP) is 2.32. The van der Waals surface area contributed by atoms with Gasteiger partial charge in [0.05, 0.1) is 5.69 Å². The molecule has 2 aromatic rings. The van der Waals surface area contributed by atoms with Crippen LogP contribution in [0.4, 0.5) is 10.5 Å². The fraction of sp³-hybridized carbons (Fsp3) is 0.444. The number of benzene rings is 1. The van der Waals surface area contributed by atoms with Crippen LogP contribution in [0.1, 0.15) is 32.1 Å². The number of nitrogens with zero attached hydrogens (tertiary/aromatic N) is 5. The van der Waals surface area contributed by atoms with Gasteiger partial charge in [-0.2, -0.15) is 0 Å². The van der Waals surface area contributed by atoms with Crippen molar-refractivity contribution < 1.29 is 14.4 Å². The number of hydrogen-bond acceptors (Lipinski definition) is 7. The van der Waals surface area contributed by atoms with Gasteiger partial charge in [-0.15, -0.1) is 5.10 Å². The summed E-state index contributed by atoms with van der Waals surface area (Å²) in [4.78, 5) is 39.5. The van der Waals surface area contributed by atoms with Gasteiger partial charge >= 0.3 is 6.03 Å². The Labute approximate surface area is 185 Å². The molecule has 1 saturated heterocycles. The highest BCUT2D eigenvalue weighted by atomic mass is 79.9. The van der Waals surface area contributed by atoms with E-state index in [9.17, 15) is 14.4 Å². The number of amides is 4. The molecule has 1 saturated carbocycles. The van der Waals surface area contributed by atoms with E-state index < -0.39 is 11.6 Å². The van der Waals surface area contributed by atoms with Gasteiger partial charge in [0, 0.05) is 29.4 Å². The number of carbonyl (C=O) groups is 3. The van der Waals surface area contributed by atoms with Crippen molar-refractivity contribution in [2.75, 3.05) is 11.9 Å². The highest BCUT2D eigenvalue weighted by molar-refractivity contribution is 9.10. The monoisotopic (exact) mass is 493 g/mol. The lowest BCUT2D eigenvalue weighted by Crippen LogP contribution is -2.44. The summed E-state index contributed by atoms with van der Waals surface area (Å²) < 4.78 is 2.34. The molecule has 0 bridgehead atoms. The van der Waals surface area contributed by atoms with Crippen LogP contribution >= 0.6 is 27.7 Å². The third-order valence-corrected chi connectivity index (χ3v) is 6.86. The van der Waals surface area contributed by atoms with Crippen molar-refractivity contribution in [1.29, 1.82) is 0 Å². The van der Waals surface area contributed by atoms with Crippen LogP contribution in [0, 0.1) is 0 Å². The molecule has 1 aromatic carbocycles. The van der Waals surface area contributed by atoms with E-state index in [1.165, 1.54) is 16.4 Å². The lowest BCUT2D eigenvalue weighted by atomic mass is 9.98. The third kappa shape index (κ3) is 4.06. The number of imide groups is 1. The van der Waals surface area contributed by atoms with Crippen molar-refractivity contribution in [3.8, 4) is 0 Å². The second kappa shape index (κ2) is 8.34. The molecular formula is C18H20BrN7O3S. The molecule has 2 heterocycles. The highest BCUT2D eigenvalue weighted by Gasteiger charge is 2.52. The Balaban J connectivity index is 1.41. The van der Waals surface area contributed by atoms with Gasteiger partial charge < -0.3 is 10.6 Å². The molecule has 0 radical (unpaired) electrons. The van der Waals surface area contributed by atoms with Crippen molar-refractivity contribution >= 4 is 51.2 Å². The molecule has 4 amide bonds. The van der Waals surface area contributed by atoms with E-state index in [0.29, 0.717) is 23.7 Å². The Bertz CT molecular complexity index is 1010. The maximum atomic E-state index is 12.7. The van der Waals surface area contributed by atoms with E-state index in [2.05, 4.69) is 42.1 Å². The largest absolute Gasteiger partial charge is 0.325 e. The molecule has 2 aliphatic rings. The van der Waals surface area contributed by atoms with Gasteiger partial charge in [0.15, 0.2) is 0 Å². The van der Waals surface area contributed by atoms with Crippen molar-refractivity contribution in [3.63, 3.8) is 0 Å². The number of halogens is 1. The standard InChI is InChI=1S/C18H20BrN7O3S/c1-25-17(22-23-24-25)30-13-5-4-11(19)10-12(13)20-14(27)6-9-26-15(28)18(21-16(26)29)7-2-3-8-18/h4-5,10H,2-3,6-9H2,1H3,(H,20,27)(H,21,29). The first-order valence-electron chi connectivity index (χ1n) is 9.52. The second-order valence-electron chi connectivity index (χ2n) is 7.30. The van der Waals surface area contributed by atoms with Crippen molar-refractivity contribution in [1.82, 2.24) is 30.4 Å². The van der Waals surface area contributed by atoms with E-state index >= 15 is 0 Å². The van der Waals surface area contributed by atoms with E-state index in [0.717, 1.165) is 27.1 Å². The molecule has 158 valence electrons. The van der Waals surface area contributed by atoms with Crippen LogP contribution in [0.5, 0.6) is 0 Å². The summed E-state index contributed by atoms with van der Waals surface area (Å²) in [6.45, 7) is 0.0436. The van der Waals surface area contributed by atoms with E-state index in [1.54, 1.807) is 13.1 Å². The smallest absolute Gasteiger partial charge is 0.325 e. The minimum Gasteiger partial charge on any atom is -0.325 e. The van der Waals surface area contributed by atoms with Crippen molar-refractivity contribution in [3.05, 3.63) is 22.7 Å². The van der Waals surface area contributed by atoms with Crippen LogP contribution in [0.25, 0.3) is 0 Å². The summed E-state index contributed by atoms with van der Waals surface area (Å²) >= 11 is 4.73. The third-order valence-electron chi connectivity index (χ3n) is 5.26. The first-order chi connectivity index (χ1) is 14.4. The molecule has 4 rings (SSSR count). The maximum absolute atomic E-state index is 12.7. The SMILES string of the molecule is Cn1nnnc1Sc1ccc(Br)cc1NC(=O)CCN1C(=O)NC2(CCCC2)C1=O. The zero-order chi connectivity index (χ0) is 21.3. The molecule has 1 aromatic heterocycles. The zero-order valence-corrected chi connectivity index (χ0v) is 18.6. The number of nitrogens with one attached hydrogen (secondary N) is 2. The lowest BCUT2D eigenvalue weighted by molar-refractivity contribution is -0.131. The van der Waals surface area contributed by atoms with Gasteiger partial charge in [0.2, 0.25) is 11.1 Å². The van der Waals surface area contributed by atoms with E-state index in [1.807, 2.05) is 12.1 Å². The zero-order valence-electron chi connectivity index (χ0n) is 16.2. The number of aryl methyl sites for hydroxylation is 1. The van der Waals surface area contributed by atoms with Gasteiger partial charge in [0.1, 0.15) is 5.54 Å². The Morgan fingerprint density at radius 1 is 1.33 bits per heavy atom. The number of hydrogen-bond donors (Lipinski definition) is 2. The first-order valence-corrected chi connectivity index (χ1v) is 11.1. The molecule has 10 nitrogen and oxygen atoms in total. The number of rotatable bonds is 6. The minimum atomic E-state index is -0.758. The Hall–Kier alpha value is -2.47. The number of urea groups is 1. The molecule has 2 N–H and O–H groups in total. The Kier molecular flexibility index (Phi) is 5.78. The number of anilines is 1. The fourth-order valence-corrected chi connectivity index (χ4v) is 4.88. The molecule has 2 fully saturated rings. The van der Waals surface area contributed by atoms with Crippen molar-refractivity contribution in [2.24, 2.45) is 7.05 Å². The lowest BCUT2D eigenvalue weighted by Gasteiger charge is -2.20. The minimum absolute atomic E-state index is 0.0113. The topological polar surface area (TPSA) is 122 Å². The normalized spacial score (nSPS) is 17.6. The average Bonchev–Trinajstić information content (AvgIpc) is 3.39. The summed E-state index contributed by atoms with van der Waals surface area (Å²) in [6, 6.07) is 5.07. The molecular weight excluding hydrogens is 474 g/mol. The summed E-state index contributed by atoms with van der Waals surface area (Å²) in [5, 5.41) is 17.6. The van der Waals surface area contributed by atoms with Crippen LogP contribution in [-0.4, -0.2) is 55.0 Å². The van der Waals surface area contributed by atoms with Gasteiger partial charge in [-0.05, 0) is 53.2 Å². The fourth-order valence-electron chi connectivity index (χ4n) is 3.72. The van der Waals surface area contributed by atoms with Gasteiger partial charge in [0.25, 0.3) is 5.91 Å². The molecule has 30 heavy (non-hydrogen) atoms. The summed E-state index contributed by atoms with van der Waals surface area (Å²) in [5.74, 6) is -0.509. The summed E-state index contributed by atoms with van der Waals surface area (Å²) in [6.07, 6.45) is 3.18. The number of tetrazole rings is 1. The van der Waals surface area contributed by atoms with Gasteiger partial charge in [-0.3, -0.25) is 14.5 Å².